The van der Waals surface area contributed by atoms with Crippen molar-refractivity contribution in [2.75, 3.05) is 31.6 Å². The summed E-state index contributed by atoms with van der Waals surface area (Å²) < 4.78 is 7.34. The molecule has 1 aliphatic rings. The zero-order chi connectivity index (χ0) is 19.4. The molecule has 1 aliphatic heterocycles. The average molecular weight is 371 g/mol. The van der Waals surface area contributed by atoms with Crippen molar-refractivity contribution in [1.29, 1.82) is 0 Å². The highest BCUT2D eigenvalue weighted by Gasteiger charge is 2.22. The molecule has 0 saturated carbocycles. The van der Waals surface area contributed by atoms with Crippen molar-refractivity contribution in [2.24, 2.45) is 0 Å². The van der Waals surface area contributed by atoms with Crippen molar-refractivity contribution in [3.8, 4) is 5.69 Å². The molecule has 2 N–H and O–H groups in total. The Morgan fingerprint density at radius 3 is 2.81 bits per heavy atom. The van der Waals surface area contributed by atoms with Crippen molar-refractivity contribution >= 4 is 17.8 Å². The van der Waals surface area contributed by atoms with Gasteiger partial charge in [-0.2, -0.15) is 5.10 Å². The number of rotatable bonds is 4. The van der Waals surface area contributed by atoms with E-state index in [1.54, 1.807) is 9.58 Å². The highest BCUT2D eigenvalue weighted by Crippen LogP contribution is 2.20. The minimum atomic E-state index is -0.340. The van der Waals surface area contributed by atoms with E-state index >= 15 is 0 Å². The fraction of sp³-hybridized carbons (Fsp3) is 0.421. The van der Waals surface area contributed by atoms with Gasteiger partial charge < -0.3 is 15.0 Å². The Labute approximate surface area is 158 Å². The van der Waals surface area contributed by atoms with Crippen LogP contribution in [-0.2, 0) is 9.53 Å². The Bertz CT molecular complexity index is 833. The molecule has 1 saturated heterocycles. The van der Waals surface area contributed by atoms with Gasteiger partial charge in [0.05, 0.1) is 24.1 Å². The van der Waals surface area contributed by atoms with E-state index in [0.29, 0.717) is 32.1 Å². The summed E-state index contributed by atoms with van der Waals surface area (Å²) in [5.74, 6) is 0.611. The summed E-state index contributed by atoms with van der Waals surface area (Å²) in [5, 5.41) is 10.1. The van der Waals surface area contributed by atoms with Gasteiger partial charge in [-0.3, -0.25) is 10.1 Å². The van der Waals surface area contributed by atoms with Crippen molar-refractivity contribution in [2.45, 2.75) is 26.9 Å². The van der Waals surface area contributed by atoms with Crippen molar-refractivity contribution in [1.82, 2.24) is 20.0 Å². The Balaban J connectivity index is 1.62. The molecule has 3 amide bonds. The number of carbonyl (C=O) groups is 2. The third kappa shape index (κ3) is 4.65. The molecule has 3 rings (SSSR count). The number of aryl methyl sites for hydroxylation is 2. The van der Waals surface area contributed by atoms with Crippen LogP contribution in [-0.4, -0.2) is 59.0 Å². The molecule has 0 bridgehead atoms. The SMILES string of the molecule is CC(=O)N1CCO[C@H](CNC(=O)Nc2cc(C)nn2-c2ccccc2C)C1. The Morgan fingerprint density at radius 1 is 1.30 bits per heavy atom. The number of morpholine rings is 1. The van der Waals surface area contributed by atoms with Crippen LogP contribution in [0.4, 0.5) is 10.6 Å². The molecule has 1 aromatic heterocycles. The molecule has 8 nitrogen and oxygen atoms in total. The number of nitrogens with zero attached hydrogens (tertiary/aromatic N) is 3. The van der Waals surface area contributed by atoms with Gasteiger partial charge in [0.2, 0.25) is 5.91 Å². The van der Waals surface area contributed by atoms with Crippen LogP contribution in [0.2, 0.25) is 0 Å². The molecule has 0 unspecified atom stereocenters. The molecule has 1 fully saturated rings. The van der Waals surface area contributed by atoms with E-state index < -0.39 is 0 Å². The van der Waals surface area contributed by atoms with Gasteiger partial charge in [-0.25, -0.2) is 9.48 Å². The topological polar surface area (TPSA) is 88.5 Å². The first-order valence-corrected chi connectivity index (χ1v) is 8.98. The van der Waals surface area contributed by atoms with Crippen LogP contribution in [0, 0.1) is 13.8 Å². The predicted molar refractivity (Wildman–Crippen MR) is 102 cm³/mol. The summed E-state index contributed by atoms with van der Waals surface area (Å²) >= 11 is 0. The lowest BCUT2D eigenvalue weighted by molar-refractivity contribution is -0.136. The van der Waals surface area contributed by atoms with E-state index in [1.165, 1.54) is 6.92 Å². The predicted octanol–water partition coefficient (Wildman–Crippen LogP) is 1.86. The first kappa shape index (κ1) is 18.9. The standard InChI is InChI=1S/C19H25N5O3/c1-13-6-4-5-7-17(13)24-18(10-14(2)22-24)21-19(26)20-11-16-12-23(15(3)25)8-9-27-16/h4-7,10,16H,8-9,11-12H2,1-3H3,(H2,20,21,26)/t16-/m1/s1. The molecule has 2 aromatic rings. The second-order valence-corrected chi connectivity index (χ2v) is 6.66. The lowest BCUT2D eigenvalue weighted by Crippen LogP contribution is -2.49. The third-order valence-corrected chi connectivity index (χ3v) is 4.49. The van der Waals surface area contributed by atoms with Crippen molar-refractivity contribution in [3.05, 3.63) is 41.6 Å². The monoisotopic (exact) mass is 371 g/mol. The summed E-state index contributed by atoms with van der Waals surface area (Å²) in [6.45, 7) is 7.29. The minimum absolute atomic E-state index is 0.0189. The van der Waals surface area contributed by atoms with Gasteiger partial charge in [0.15, 0.2) is 0 Å². The quantitative estimate of drug-likeness (QED) is 0.859. The molecule has 1 aromatic carbocycles. The van der Waals surface area contributed by atoms with Crippen LogP contribution in [0.25, 0.3) is 5.69 Å². The van der Waals surface area contributed by atoms with Gasteiger partial charge >= 0.3 is 6.03 Å². The number of ether oxygens (including phenoxy) is 1. The second-order valence-electron chi connectivity index (χ2n) is 6.66. The van der Waals surface area contributed by atoms with Gasteiger partial charge in [0.1, 0.15) is 5.82 Å². The number of benzene rings is 1. The lowest BCUT2D eigenvalue weighted by atomic mass is 10.2. The van der Waals surface area contributed by atoms with Gasteiger partial charge in [-0.15, -0.1) is 0 Å². The van der Waals surface area contributed by atoms with E-state index in [0.717, 1.165) is 16.9 Å². The number of aromatic nitrogens is 2. The summed E-state index contributed by atoms with van der Waals surface area (Å²) in [7, 11) is 0. The number of amides is 3. The molecule has 1 atom stereocenters. The summed E-state index contributed by atoms with van der Waals surface area (Å²) in [4.78, 5) is 25.6. The van der Waals surface area contributed by atoms with E-state index in [-0.39, 0.29) is 18.0 Å². The summed E-state index contributed by atoms with van der Waals surface area (Å²) in [5.41, 5.74) is 2.78. The molecule has 0 aliphatic carbocycles. The van der Waals surface area contributed by atoms with Crippen molar-refractivity contribution in [3.63, 3.8) is 0 Å². The highest BCUT2D eigenvalue weighted by atomic mass is 16.5. The van der Waals surface area contributed by atoms with E-state index in [1.807, 2.05) is 44.2 Å². The normalized spacial score (nSPS) is 16.9. The van der Waals surface area contributed by atoms with Gasteiger partial charge in [0.25, 0.3) is 0 Å². The van der Waals surface area contributed by atoms with Crippen LogP contribution in [0.15, 0.2) is 30.3 Å². The highest BCUT2D eigenvalue weighted by molar-refractivity contribution is 5.88. The first-order chi connectivity index (χ1) is 12.9. The van der Waals surface area contributed by atoms with E-state index in [2.05, 4.69) is 15.7 Å². The number of carbonyl (C=O) groups excluding carboxylic acids is 2. The fourth-order valence-corrected chi connectivity index (χ4v) is 3.07. The average Bonchev–Trinajstić information content (AvgIpc) is 3.00. The fourth-order valence-electron chi connectivity index (χ4n) is 3.07. The third-order valence-electron chi connectivity index (χ3n) is 4.49. The molecule has 0 spiro atoms. The first-order valence-electron chi connectivity index (χ1n) is 8.98. The number of hydrogen-bond acceptors (Lipinski definition) is 4. The Hall–Kier alpha value is -2.87. The van der Waals surface area contributed by atoms with Crippen LogP contribution >= 0.6 is 0 Å². The summed E-state index contributed by atoms with van der Waals surface area (Å²) in [6, 6.07) is 9.33. The maximum absolute atomic E-state index is 12.3. The second kappa shape index (κ2) is 8.22. The van der Waals surface area contributed by atoms with E-state index in [4.69, 9.17) is 4.74 Å². The smallest absolute Gasteiger partial charge is 0.320 e. The van der Waals surface area contributed by atoms with Crippen LogP contribution in [0.5, 0.6) is 0 Å². The maximum Gasteiger partial charge on any atom is 0.320 e. The molecule has 27 heavy (non-hydrogen) atoms. The van der Waals surface area contributed by atoms with Crippen LogP contribution in [0.1, 0.15) is 18.2 Å². The summed E-state index contributed by atoms with van der Waals surface area (Å²) in [6.07, 6.45) is -0.212. The van der Waals surface area contributed by atoms with Gasteiger partial charge in [0, 0.05) is 32.6 Å². The number of nitrogens with one attached hydrogen (secondary N) is 2. The molecule has 144 valence electrons. The Morgan fingerprint density at radius 2 is 2.07 bits per heavy atom. The Kier molecular flexibility index (Phi) is 5.75. The lowest BCUT2D eigenvalue weighted by Gasteiger charge is -2.32. The molecule has 8 heteroatoms. The van der Waals surface area contributed by atoms with Gasteiger partial charge in [-0.05, 0) is 25.5 Å². The molecular formula is C19H25N5O3. The van der Waals surface area contributed by atoms with Crippen molar-refractivity contribution < 1.29 is 14.3 Å². The zero-order valence-electron chi connectivity index (χ0n) is 15.9. The van der Waals surface area contributed by atoms with Crippen LogP contribution in [0.3, 0.4) is 0 Å². The van der Waals surface area contributed by atoms with E-state index in [9.17, 15) is 9.59 Å². The van der Waals surface area contributed by atoms with Gasteiger partial charge in [-0.1, -0.05) is 18.2 Å². The molecule has 0 radical (unpaired) electrons. The maximum atomic E-state index is 12.3. The van der Waals surface area contributed by atoms with Crippen LogP contribution < -0.4 is 10.6 Å². The number of urea groups is 1. The largest absolute Gasteiger partial charge is 0.373 e. The number of para-hydroxylation sites is 1. The number of hydrogen-bond donors (Lipinski definition) is 2. The molecular weight excluding hydrogens is 346 g/mol. The zero-order valence-corrected chi connectivity index (χ0v) is 15.9. The number of anilines is 1. The molecule has 2 heterocycles. The minimum Gasteiger partial charge on any atom is -0.373 e.